The van der Waals surface area contributed by atoms with Crippen molar-refractivity contribution in [2.24, 2.45) is 17.8 Å². The van der Waals surface area contributed by atoms with Crippen molar-refractivity contribution in [1.82, 2.24) is 0 Å². The highest BCUT2D eigenvalue weighted by Gasteiger charge is 2.34. The number of esters is 1. The van der Waals surface area contributed by atoms with Crippen molar-refractivity contribution in [2.45, 2.75) is 46.1 Å². The highest BCUT2D eigenvalue weighted by molar-refractivity contribution is 6.29. The standard InChI is InChI=1S/C19H26ClNO3/c1-12(2)14-9-8-13(3)10-17(14)24-19(23)15-6-4-5-7-16(15)21-18(22)11-20/h4-7,12-14,17H,8-11H2,1-3H3,(H,21,22)/t13-,14+,17+/m1/s1. The molecule has 1 aromatic carbocycles. The number of hydrogen-bond acceptors (Lipinski definition) is 3. The summed E-state index contributed by atoms with van der Waals surface area (Å²) >= 11 is 5.53. The van der Waals surface area contributed by atoms with Crippen LogP contribution < -0.4 is 5.32 Å². The minimum atomic E-state index is -0.384. The van der Waals surface area contributed by atoms with Crippen LogP contribution in [0.1, 0.15) is 50.4 Å². The topological polar surface area (TPSA) is 55.4 Å². The second kappa shape index (κ2) is 8.52. The third-order valence-electron chi connectivity index (χ3n) is 4.76. The van der Waals surface area contributed by atoms with Crippen LogP contribution in [0.4, 0.5) is 5.69 Å². The largest absolute Gasteiger partial charge is 0.458 e. The molecule has 1 aliphatic carbocycles. The lowest BCUT2D eigenvalue weighted by atomic mass is 9.75. The zero-order valence-electron chi connectivity index (χ0n) is 14.5. The van der Waals surface area contributed by atoms with Crippen molar-refractivity contribution < 1.29 is 14.3 Å². The van der Waals surface area contributed by atoms with Gasteiger partial charge in [-0.3, -0.25) is 4.79 Å². The number of halogens is 1. The molecular formula is C19H26ClNO3. The minimum Gasteiger partial charge on any atom is -0.458 e. The van der Waals surface area contributed by atoms with Crippen molar-refractivity contribution in [3.63, 3.8) is 0 Å². The SMILES string of the molecule is CC(C)[C@@H]1CC[C@@H](C)C[C@@H]1OC(=O)c1ccccc1NC(=O)CCl. The molecule has 1 N–H and O–H groups in total. The fourth-order valence-corrected chi connectivity index (χ4v) is 3.47. The normalized spacial score (nSPS) is 23.8. The van der Waals surface area contributed by atoms with Crippen LogP contribution in [0, 0.1) is 17.8 Å². The van der Waals surface area contributed by atoms with Gasteiger partial charge in [-0.1, -0.05) is 39.3 Å². The average Bonchev–Trinajstić information content (AvgIpc) is 2.54. The van der Waals surface area contributed by atoms with Crippen LogP contribution in [0.25, 0.3) is 0 Å². The lowest BCUT2D eigenvalue weighted by Gasteiger charge is -2.36. The third-order valence-corrected chi connectivity index (χ3v) is 5.00. The number of carbonyl (C=O) groups is 2. The van der Waals surface area contributed by atoms with Gasteiger partial charge in [-0.25, -0.2) is 4.79 Å². The molecule has 1 fully saturated rings. The van der Waals surface area contributed by atoms with Gasteiger partial charge in [-0.2, -0.15) is 0 Å². The van der Waals surface area contributed by atoms with Gasteiger partial charge in [-0.05, 0) is 42.7 Å². The zero-order valence-corrected chi connectivity index (χ0v) is 15.3. The van der Waals surface area contributed by atoms with Crippen molar-refractivity contribution >= 4 is 29.2 Å². The van der Waals surface area contributed by atoms with Crippen molar-refractivity contribution in [2.75, 3.05) is 11.2 Å². The van der Waals surface area contributed by atoms with Gasteiger partial charge in [0, 0.05) is 0 Å². The number of rotatable bonds is 5. The number of nitrogens with one attached hydrogen (secondary N) is 1. The van der Waals surface area contributed by atoms with Gasteiger partial charge in [0.2, 0.25) is 5.91 Å². The van der Waals surface area contributed by atoms with E-state index >= 15 is 0 Å². The maximum Gasteiger partial charge on any atom is 0.340 e. The summed E-state index contributed by atoms with van der Waals surface area (Å²) in [5.74, 6) is 0.535. The summed E-state index contributed by atoms with van der Waals surface area (Å²) in [5, 5.41) is 2.65. The number of carbonyl (C=O) groups excluding carboxylic acids is 2. The Morgan fingerprint density at radius 3 is 2.67 bits per heavy atom. The van der Waals surface area contributed by atoms with Gasteiger partial charge >= 0.3 is 5.97 Å². The monoisotopic (exact) mass is 351 g/mol. The summed E-state index contributed by atoms with van der Waals surface area (Å²) in [4.78, 5) is 24.2. The Morgan fingerprint density at radius 2 is 2.00 bits per heavy atom. The Hall–Kier alpha value is -1.55. The number of ether oxygens (including phenoxy) is 1. The highest BCUT2D eigenvalue weighted by Crippen LogP contribution is 2.36. The average molecular weight is 352 g/mol. The predicted octanol–water partition coefficient (Wildman–Crippen LogP) is 4.48. The fraction of sp³-hybridized carbons (Fsp3) is 0.579. The molecule has 2 rings (SSSR count). The predicted molar refractivity (Wildman–Crippen MR) is 96.3 cm³/mol. The number of para-hydroxylation sites is 1. The van der Waals surface area contributed by atoms with Crippen LogP contribution in [0.5, 0.6) is 0 Å². The molecule has 0 radical (unpaired) electrons. The van der Waals surface area contributed by atoms with Gasteiger partial charge in [0.1, 0.15) is 12.0 Å². The second-order valence-electron chi connectivity index (χ2n) is 7.00. The van der Waals surface area contributed by atoms with Crippen molar-refractivity contribution in [3.8, 4) is 0 Å². The Kier molecular flexibility index (Phi) is 6.67. The van der Waals surface area contributed by atoms with Gasteiger partial charge in [-0.15, -0.1) is 11.6 Å². The summed E-state index contributed by atoms with van der Waals surface area (Å²) in [5.41, 5.74) is 0.815. The number of anilines is 1. The van der Waals surface area contributed by atoms with E-state index in [-0.39, 0.29) is 23.9 Å². The molecule has 1 saturated carbocycles. The first-order valence-corrected chi connectivity index (χ1v) is 9.11. The number of benzene rings is 1. The van der Waals surface area contributed by atoms with Crippen LogP contribution in [0.3, 0.4) is 0 Å². The van der Waals surface area contributed by atoms with E-state index in [1.165, 1.54) is 6.42 Å². The third kappa shape index (κ3) is 4.73. The number of amides is 1. The molecule has 0 aliphatic heterocycles. The van der Waals surface area contributed by atoms with Crippen LogP contribution >= 0.6 is 11.6 Å². The first-order chi connectivity index (χ1) is 11.4. The summed E-state index contributed by atoms with van der Waals surface area (Å²) < 4.78 is 5.85. The minimum absolute atomic E-state index is 0.0713. The van der Waals surface area contributed by atoms with Crippen molar-refractivity contribution in [3.05, 3.63) is 29.8 Å². The Labute approximate surface area is 148 Å². The van der Waals surface area contributed by atoms with Gasteiger partial charge < -0.3 is 10.1 Å². The lowest BCUT2D eigenvalue weighted by molar-refractivity contribution is -0.113. The van der Waals surface area contributed by atoms with Crippen LogP contribution in [-0.2, 0) is 9.53 Å². The van der Waals surface area contributed by atoms with Crippen LogP contribution in [0.15, 0.2) is 24.3 Å². The summed E-state index contributed by atoms with van der Waals surface area (Å²) in [6.45, 7) is 6.55. The molecular weight excluding hydrogens is 326 g/mol. The molecule has 0 spiro atoms. The molecule has 3 atom stereocenters. The molecule has 1 aromatic rings. The van der Waals surface area contributed by atoms with E-state index in [2.05, 4.69) is 26.1 Å². The van der Waals surface area contributed by atoms with E-state index < -0.39 is 0 Å². The van der Waals surface area contributed by atoms with E-state index in [1.807, 2.05) is 0 Å². The lowest BCUT2D eigenvalue weighted by Crippen LogP contribution is -2.36. The number of alkyl halides is 1. The Bertz CT molecular complexity index is 588. The molecule has 0 unspecified atom stereocenters. The maximum absolute atomic E-state index is 12.7. The molecule has 0 heterocycles. The molecule has 1 amide bonds. The highest BCUT2D eigenvalue weighted by atomic mass is 35.5. The van der Waals surface area contributed by atoms with Gasteiger partial charge in [0.15, 0.2) is 0 Å². The maximum atomic E-state index is 12.7. The first-order valence-electron chi connectivity index (χ1n) is 8.58. The van der Waals surface area contributed by atoms with Gasteiger partial charge in [0.25, 0.3) is 0 Å². The summed E-state index contributed by atoms with van der Waals surface area (Å²) in [7, 11) is 0. The molecule has 24 heavy (non-hydrogen) atoms. The summed E-state index contributed by atoms with van der Waals surface area (Å²) in [6.07, 6.45) is 3.09. The van der Waals surface area contributed by atoms with Gasteiger partial charge in [0.05, 0.1) is 11.3 Å². The van der Waals surface area contributed by atoms with Crippen LogP contribution in [0.2, 0.25) is 0 Å². The fourth-order valence-electron chi connectivity index (χ4n) is 3.40. The van der Waals surface area contributed by atoms with E-state index in [9.17, 15) is 9.59 Å². The van der Waals surface area contributed by atoms with E-state index in [1.54, 1.807) is 24.3 Å². The van der Waals surface area contributed by atoms with E-state index in [4.69, 9.17) is 16.3 Å². The first kappa shape index (κ1) is 18.8. The summed E-state index contributed by atoms with van der Waals surface area (Å²) in [6, 6.07) is 6.88. The van der Waals surface area contributed by atoms with Crippen LogP contribution in [-0.4, -0.2) is 23.9 Å². The molecule has 4 nitrogen and oxygen atoms in total. The van der Waals surface area contributed by atoms with Crippen molar-refractivity contribution in [1.29, 1.82) is 0 Å². The number of hydrogen-bond donors (Lipinski definition) is 1. The van der Waals surface area contributed by atoms with E-state index in [0.717, 1.165) is 12.8 Å². The molecule has 1 aliphatic rings. The second-order valence-corrected chi connectivity index (χ2v) is 7.26. The zero-order chi connectivity index (χ0) is 17.7. The quantitative estimate of drug-likeness (QED) is 0.628. The molecule has 132 valence electrons. The Morgan fingerprint density at radius 1 is 1.29 bits per heavy atom. The Balaban J connectivity index is 2.15. The molecule has 0 saturated heterocycles. The van der Waals surface area contributed by atoms with E-state index in [0.29, 0.717) is 29.0 Å². The molecule has 0 bridgehead atoms. The molecule has 0 aromatic heterocycles. The molecule has 5 heteroatoms. The smallest absolute Gasteiger partial charge is 0.340 e.